The summed E-state index contributed by atoms with van der Waals surface area (Å²) in [6, 6.07) is 14.0. The fraction of sp³-hybridized carbons (Fsp3) is 0.125. The molecule has 0 amide bonds. The van der Waals surface area contributed by atoms with Gasteiger partial charge in [-0.05, 0) is 37.0 Å². The third kappa shape index (κ3) is 2.63. The zero-order chi connectivity index (χ0) is 20.4. The molecule has 0 unspecified atom stereocenters. The van der Waals surface area contributed by atoms with Crippen LogP contribution < -0.4 is 0 Å². The Morgan fingerprint density at radius 3 is 2.77 bits per heavy atom. The van der Waals surface area contributed by atoms with Gasteiger partial charge in [-0.3, -0.25) is 0 Å². The fourth-order valence-corrected chi connectivity index (χ4v) is 4.15. The molecule has 1 saturated carbocycles. The highest BCUT2D eigenvalue weighted by Gasteiger charge is 2.27. The van der Waals surface area contributed by atoms with Crippen molar-refractivity contribution in [1.29, 1.82) is 0 Å². The molecule has 0 atom stereocenters. The van der Waals surface area contributed by atoms with Gasteiger partial charge in [0.2, 0.25) is 0 Å². The van der Waals surface area contributed by atoms with Crippen LogP contribution in [0, 0.1) is 0 Å². The van der Waals surface area contributed by atoms with Gasteiger partial charge in [0.1, 0.15) is 11.3 Å². The first-order valence-corrected chi connectivity index (χ1v) is 10.4. The Morgan fingerprint density at radius 1 is 0.903 bits per heavy atom. The van der Waals surface area contributed by atoms with Gasteiger partial charge in [-0.15, -0.1) is 0 Å². The number of aromatic amines is 1. The van der Waals surface area contributed by atoms with Gasteiger partial charge in [-0.25, -0.2) is 24.5 Å². The molecule has 6 aromatic rings. The van der Waals surface area contributed by atoms with E-state index in [2.05, 4.69) is 15.1 Å². The quantitative estimate of drug-likeness (QED) is 0.460. The lowest BCUT2D eigenvalue weighted by molar-refractivity contribution is 0.941. The van der Waals surface area contributed by atoms with Crippen LogP contribution in [0.15, 0.2) is 67.3 Å². The van der Waals surface area contributed by atoms with E-state index in [-0.39, 0.29) is 0 Å². The highest BCUT2D eigenvalue weighted by molar-refractivity contribution is 5.93. The van der Waals surface area contributed by atoms with E-state index < -0.39 is 0 Å². The van der Waals surface area contributed by atoms with Crippen molar-refractivity contribution in [2.45, 2.75) is 18.8 Å². The second-order valence-corrected chi connectivity index (χ2v) is 8.00. The van der Waals surface area contributed by atoms with E-state index in [0.717, 1.165) is 44.5 Å². The molecule has 1 aromatic carbocycles. The average molecular weight is 403 g/mol. The summed E-state index contributed by atoms with van der Waals surface area (Å²) in [5.41, 5.74) is 6.51. The molecule has 5 heterocycles. The number of hydrogen-bond acceptors (Lipinski definition) is 5. The summed E-state index contributed by atoms with van der Waals surface area (Å²) in [6.45, 7) is 0. The van der Waals surface area contributed by atoms with Crippen molar-refractivity contribution in [2.75, 3.05) is 0 Å². The van der Waals surface area contributed by atoms with Crippen molar-refractivity contribution < 1.29 is 0 Å². The summed E-state index contributed by atoms with van der Waals surface area (Å²) in [7, 11) is 0. The first-order valence-electron chi connectivity index (χ1n) is 10.4. The van der Waals surface area contributed by atoms with Crippen LogP contribution in [0.1, 0.15) is 24.3 Å². The molecule has 0 aliphatic heterocycles. The van der Waals surface area contributed by atoms with Crippen LogP contribution in [0.3, 0.4) is 0 Å². The number of aromatic nitrogens is 7. The summed E-state index contributed by atoms with van der Waals surface area (Å²) >= 11 is 0. The van der Waals surface area contributed by atoms with Crippen molar-refractivity contribution in [3.05, 3.63) is 72.8 Å². The third-order valence-corrected chi connectivity index (χ3v) is 5.95. The Bertz CT molecular complexity index is 1610. The summed E-state index contributed by atoms with van der Waals surface area (Å²) < 4.78 is 1.85. The standard InChI is InChI=1S/C24H17N7/c1-2-4-19-15(3-1)7-8-21(28-19)23-26-12-18-17(11-25-22(18)30-23)20-9-10-31-24(29-20)16(13-27-31)14-5-6-14/h1-4,7-14H,5-6H2,(H,25,26,30). The molecular weight excluding hydrogens is 386 g/mol. The Labute approximate surface area is 176 Å². The van der Waals surface area contributed by atoms with Crippen molar-refractivity contribution in [1.82, 2.24) is 34.5 Å². The predicted octanol–water partition coefficient (Wildman–Crippen LogP) is 4.76. The molecule has 1 aliphatic carbocycles. The zero-order valence-electron chi connectivity index (χ0n) is 16.5. The SMILES string of the molecule is c1ccc2nc(-c3ncc4c(-c5ccn6ncc(C7CC7)c6n5)c[nH]c4n3)ccc2c1. The van der Waals surface area contributed by atoms with Gasteiger partial charge in [0.05, 0.1) is 17.4 Å². The summed E-state index contributed by atoms with van der Waals surface area (Å²) in [6.07, 6.45) is 10.2. The van der Waals surface area contributed by atoms with Gasteiger partial charge >= 0.3 is 0 Å². The molecule has 7 rings (SSSR count). The maximum atomic E-state index is 4.92. The number of H-pyrrole nitrogens is 1. The van der Waals surface area contributed by atoms with Crippen LogP contribution in [0.2, 0.25) is 0 Å². The Morgan fingerprint density at radius 2 is 1.84 bits per heavy atom. The third-order valence-electron chi connectivity index (χ3n) is 5.95. The highest BCUT2D eigenvalue weighted by Crippen LogP contribution is 2.41. The van der Waals surface area contributed by atoms with E-state index in [0.29, 0.717) is 11.7 Å². The first kappa shape index (κ1) is 16.6. The number of para-hydroxylation sites is 1. The molecular formula is C24H17N7. The largest absolute Gasteiger partial charge is 0.345 e. The van der Waals surface area contributed by atoms with Gasteiger partial charge in [-0.1, -0.05) is 24.3 Å². The van der Waals surface area contributed by atoms with E-state index >= 15 is 0 Å². The summed E-state index contributed by atoms with van der Waals surface area (Å²) in [5, 5.41) is 6.48. The molecule has 0 bridgehead atoms. The number of fused-ring (bicyclic) bond motifs is 3. The molecule has 31 heavy (non-hydrogen) atoms. The number of rotatable bonds is 3. The molecule has 7 heteroatoms. The number of nitrogens with zero attached hydrogens (tertiary/aromatic N) is 6. The molecule has 148 valence electrons. The Hall–Kier alpha value is -4.13. The second-order valence-electron chi connectivity index (χ2n) is 8.00. The molecule has 1 aliphatic rings. The minimum absolute atomic E-state index is 0.599. The molecule has 7 nitrogen and oxygen atoms in total. The minimum atomic E-state index is 0.599. The van der Waals surface area contributed by atoms with Gasteiger partial charge in [0, 0.05) is 40.5 Å². The van der Waals surface area contributed by atoms with E-state index in [4.69, 9.17) is 15.0 Å². The van der Waals surface area contributed by atoms with Crippen LogP contribution in [-0.4, -0.2) is 34.5 Å². The molecule has 1 fully saturated rings. The molecule has 0 saturated heterocycles. The van der Waals surface area contributed by atoms with E-state index in [1.807, 2.05) is 71.8 Å². The Balaban J connectivity index is 1.32. The van der Waals surface area contributed by atoms with Gasteiger partial charge in [0.25, 0.3) is 0 Å². The lowest BCUT2D eigenvalue weighted by Crippen LogP contribution is -1.94. The molecule has 1 N–H and O–H groups in total. The minimum Gasteiger partial charge on any atom is -0.345 e. The fourth-order valence-electron chi connectivity index (χ4n) is 4.15. The van der Waals surface area contributed by atoms with E-state index in [9.17, 15) is 0 Å². The predicted molar refractivity (Wildman–Crippen MR) is 119 cm³/mol. The van der Waals surface area contributed by atoms with Gasteiger partial charge in [0.15, 0.2) is 11.5 Å². The smallest absolute Gasteiger partial charge is 0.180 e. The summed E-state index contributed by atoms with van der Waals surface area (Å²) in [4.78, 5) is 22.3. The van der Waals surface area contributed by atoms with E-state index in [1.165, 1.54) is 18.4 Å². The van der Waals surface area contributed by atoms with Crippen molar-refractivity contribution in [3.8, 4) is 22.8 Å². The molecule has 5 aromatic heterocycles. The van der Waals surface area contributed by atoms with E-state index in [1.54, 1.807) is 0 Å². The van der Waals surface area contributed by atoms with Crippen LogP contribution in [0.5, 0.6) is 0 Å². The monoisotopic (exact) mass is 403 g/mol. The molecule has 0 spiro atoms. The highest BCUT2D eigenvalue weighted by atomic mass is 15.2. The topological polar surface area (TPSA) is 84.6 Å². The van der Waals surface area contributed by atoms with Crippen LogP contribution in [0.4, 0.5) is 0 Å². The molecule has 0 radical (unpaired) electrons. The second kappa shape index (κ2) is 6.18. The number of benzene rings is 1. The average Bonchev–Trinajstić information content (AvgIpc) is 3.43. The maximum Gasteiger partial charge on any atom is 0.180 e. The number of hydrogen-bond donors (Lipinski definition) is 1. The Kier molecular flexibility index (Phi) is 3.32. The first-order chi connectivity index (χ1) is 15.3. The van der Waals surface area contributed by atoms with Gasteiger partial charge in [-0.2, -0.15) is 5.10 Å². The van der Waals surface area contributed by atoms with Crippen LogP contribution in [-0.2, 0) is 0 Å². The summed E-state index contributed by atoms with van der Waals surface area (Å²) in [5.74, 6) is 1.20. The van der Waals surface area contributed by atoms with Crippen LogP contribution in [0.25, 0.3) is 50.4 Å². The van der Waals surface area contributed by atoms with Crippen molar-refractivity contribution in [3.63, 3.8) is 0 Å². The van der Waals surface area contributed by atoms with Crippen molar-refractivity contribution >= 4 is 27.6 Å². The van der Waals surface area contributed by atoms with Crippen molar-refractivity contribution in [2.24, 2.45) is 0 Å². The lowest BCUT2D eigenvalue weighted by Gasteiger charge is -2.03. The van der Waals surface area contributed by atoms with Crippen LogP contribution >= 0.6 is 0 Å². The lowest BCUT2D eigenvalue weighted by atomic mass is 10.1. The number of pyridine rings is 1. The maximum absolute atomic E-state index is 4.92. The van der Waals surface area contributed by atoms with Gasteiger partial charge < -0.3 is 4.98 Å². The zero-order valence-corrected chi connectivity index (χ0v) is 16.5. The number of nitrogens with one attached hydrogen (secondary N) is 1. The normalized spacial score (nSPS) is 14.1.